The molecule has 0 unspecified atom stereocenters. The highest BCUT2D eigenvalue weighted by Crippen LogP contribution is 2.26. The van der Waals surface area contributed by atoms with Crippen LogP contribution in [0.3, 0.4) is 0 Å². The maximum absolute atomic E-state index is 12.1. The number of likely N-dealkylation sites (tertiary alicyclic amines) is 1. The molecule has 0 atom stereocenters. The number of benzene rings is 1. The Morgan fingerprint density at radius 3 is 2.84 bits per heavy atom. The van der Waals surface area contributed by atoms with Gasteiger partial charge in [0.05, 0.1) is 12.1 Å². The highest BCUT2D eigenvalue weighted by Gasteiger charge is 2.35. The number of fused-ring (bicyclic) bond motifs is 1. The van der Waals surface area contributed by atoms with Gasteiger partial charge < -0.3 is 15.4 Å². The minimum absolute atomic E-state index is 0.0134. The number of ether oxygens (including phenoxy) is 1. The number of nitrogens with two attached hydrogens (primary N) is 1. The molecular weight excluding hydrogens is 324 g/mol. The molecule has 3 N–H and O–H groups in total. The van der Waals surface area contributed by atoms with Gasteiger partial charge in [-0.1, -0.05) is 30.3 Å². The van der Waals surface area contributed by atoms with Crippen molar-refractivity contribution in [3.63, 3.8) is 0 Å². The molecule has 0 aliphatic carbocycles. The van der Waals surface area contributed by atoms with E-state index in [4.69, 9.17) is 10.5 Å². The normalized spacial score (nSPS) is 14.5. The largest absolute Gasteiger partial charge is 0.445 e. The van der Waals surface area contributed by atoms with Crippen molar-refractivity contribution in [1.29, 1.82) is 0 Å². The number of aromatic amines is 1. The third kappa shape index (κ3) is 2.80. The number of rotatable bonds is 3. The van der Waals surface area contributed by atoms with Crippen LogP contribution < -0.4 is 11.3 Å². The molecule has 0 spiro atoms. The maximum atomic E-state index is 12.1. The van der Waals surface area contributed by atoms with Crippen LogP contribution in [0.2, 0.25) is 0 Å². The Hall–Kier alpha value is -3.36. The van der Waals surface area contributed by atoms with Gasteiger partial charge in [0, 0.05) is 13.1 Å². The fraction of sp³-hybridized carbons (Fsp3) is 0.250. The molecule has 0 radical (unpaired) electrons. The summed E-state index contributed by atoms with van der Waals surface area (Å²) in [5.41, 5.74) is 6.50. The zero-order chi connectivity index (χ0) is 17.4. The molecule has 3 aromatic rings. The Labute approximate surface area is 142 Å². The van der Waals surface area contributed by atoms with Crippen LogP contribution in [0.15, 0.2) is 41.3 Å². The van der Waals surface area contributed by atoms with Gasteiger partial charge in [0.15, 0.2) is 5.52 Å². The summed E-state index contributed by atoms with van der Waals surface area (Å²) >= 11 is 0. The summed E-state index contributed by atoms with van der Waals surface area (Å²) in [6.45, 7) is 1.16. The standard InChI is InChI=1S/C16H16N6O3/c17-15-19-14(23)12-6-18-13(22(12)20-15)11-7-21(8-11)16(24)25-9-10-4-2-1-3-5-10/h1-6,11H,7-9H2,(H3,17,19,20,23). The molecule has 0 saturated carbocycles. The Morgan fingerprint density at radius 1 is 1.32 bits per heavy atom. The molecule has 1 aliphatic rings. The number of nitrogen functional groups attached to an aromatic ring is 1. The average molecular weight is 340 g/mol. The van der Waals surface area contributed by atoms with Crippen LogP contribution in [-0.2, 0) is 11.3 Å². The Bertz CT molecular complexity index is 974. The summed E-state index contributed by atoms with van der Waals surface area (Å²) in [6, 6.07) is 9.50. The molecule has 1 saturated heterocycles. The van der Waals surface area contributed by atoms with Crippen molar-refractivity contribution in [3.8, 4) is 0 Å². The number of carbonyl (C=O) groups excluding carboxylic acids is 1. The zero-order valence-electron chi connectivity index (χ0n) is 13.3. The number of hydrogen-bond acceptors (Lipinski definition) is 6. The molecule has 2 aromatic heterocycles. The Morgan fingerprint density at radius 2 is 2.08 bits per heavy atom. The summed E-state index contributed by atoms with van der Waals surface area (Å²) < 4.78 is 6.73. The molecule has 1 aliphatic heterocycles. The fourth-order valence-electron chi connectivity index (χ4n) is 2.81. The van der Waals surface area contributed by atoms with Gasteiger partial charge in [-0.3, -0.25) is 9.78 Å². The van der Waals surface area contributed by atoms with E-state index in [1.165, 1.54) is 10.7 Å². The number of nitrogens with zero attached hydrogens (tertiary/aromatic N) is 4. The first-order valence-corrected chi connectivity index (χ1v) is 7.81. The van der Waals surface area contributed by atoms with Gasteiger partial charge in [0.2, 0.25) is 5.95 Å². The molecule has 1 fully saturated rings. The number of hydrogen-bond donors (Lipinski definition) is 2. The number of anilines is 1. The third-order valence-corrected chi connectivity index (χ3v) is 4.16. The second kappa shape index (κ2) is 5.93. The number of aromatic nitrogens is 4. The lowest BCUT2D eigenvalue weighted by Crippen LogP contribution is -2.49. The van der Waals surface area contributed by atoms with Crippen LogP contribution in [-0.4, -0.2) is 43.7 Å². The van der Waals surface area contributed by atoms with Gasteiger partial charge in [0.25, 0.3) is 5.56 Å². The van der Waals surface area contributed by atoms with E-state index >= 15 is 0 Å². The number of H-pyrrole nitrogens is 1. The van der Waals surface area contributed by atoms with E-state index < -0.39 is 0 Å². The molecule has 4 rings (SSSR count). The van der Waals surface area contributed by atoms with Crippen LogP contribution in [0.25, 0.3) is 5.52 Å². The molecule has 1 aromatic carbocycles. The zero-order valence-corrected chi connectivity index (χ0v) is 13.3. The van der Waals surface area contributed by atoms with Crippen LogP contribution in [0.5, 0.6) is 0 Å². The first kappa shape index (κ1) is 15.2. The maximum Gasteiger partial charge on any atom is 0.410 e. The minimum atomic E-state index is -0.369. The predicted molar refractivity (Wildman–Crippen MR) is 89.0 cm³/mol. The van der Waals surface area contributed by atoms with Crippen molar-refractivity contribution in [1.82, 2.24) is 24.5 Å². The summed E-state index contributed by atoms with van der Waals surface area (Å²) in [7, 11) is 0. The fourth-order valence-corrected chi connectivity index (χ4v) is 2.81. The van der Waals surface area contributed by atoms with Crippen molar-refractivity contribution in [2.75, 3.05) is 18.8 Å². The Kier molecular flexibility index (Phi) is 3.60. The first-order valence-electron chi connectivity index (χ1n) is 7.81. The lowest BCUT2D eigenvalue weighted by molar-refractivity contribution is 0.0647. The van der Waals surface area contributed by atoms with Crippen molar-refractivity contribution in [2.24, 2.45) is 0 Å². The SMILES string of the molecule is Nc1nn2c(C3CN(C(=O)OCc4ccccc4)C3)ncc2c(=O)[nH]1. The van der Waals surface area contributed by atoms with Crippen LogP contribution in [0.4, 0.5) is 10.7 Å². The second-order valence-electron chi connectivity index (χ2n) is 5.89. The molecule has 128 valence electrons. The highest BCUT2D eigenvalue weighted by molar-refractivity contribution is 5.69. The van der Waals surface area contributed by atoms with Crippen LogP contribution >= 0.6 is 0 Å². The molecular formula is C16H16N6O3. The van der Waals surface area contributed by atoms with Gasteiger partial charge in [-0.25, -0.2) is 14.3 Å². The summed E-state index contributed by atoms with van der Waals surface area (Å²) in [4.78, 5) is 32.2. The molecule has 3 heterocycles. The monoisotopic (exact) mass is 340 g/mol. The second-order valence-corrected chi connectivity index (χ2v) is 5.89. The van der Waals surface area contributed by atoms with Crippen molar-refractivity contribution in [3.05, 3.63) is 58.3 Å². The van der Waals surface area contributed by atoms with Gasteiger partial charge in [-0.05, 0) is 5.56 Å². The summed E-state index contributed by atoms with van der Waals surface area (Å²) in [5.74, 6) is 0.621. The summed E-state index contributed by atoms with van der Waals surface area (Å²) in [6.07, 6.45) is 1.09. The van der Waals surface area contributed by atoms with Crippen molar-refractivity contribution < 1.29 is 9.53 Å². The van der Waals surface area contributed by atoms with Gasteiger partial charge in [0.1, 0.15) is 12.4 Å². The van der Waals surface area contributed by atoms with Crippen molar-refractivity contribution in [2.45, 2.75) is 12.5 Å². The summed E-state index contributed by atoms with van der Waals surface area (Å²) in [5, 5.41) is 4.09. The predicted octanol–water partition coefficient (Wildman–Crippen LogP) is 0.736. The van der Waals surface area contributed by atoms with Gasteiger partial charge >= 0.3 is 6.09 Å². The minimum Gasteiger partial charge on any atom is -0.445 e. The lowest BCUT2D eigenvalue weighted by atomic mass is 10.0. The van der Waals surface area contributed by atoms with Crippen LogP contribution in [0, 0.1) is 0 Å². The molecule has 0 bridgehead atoms. The first-order chi connectivity index (χ1) is 12.1. The topological polar surface area (TPSA) is 119 Å². The molecule has 25 heavy (non-hydrogen) atoms. The molecule has 9 nitrogen and oxygen atoms in total. The van der Waals surface area contributed by atoms with E-state index in [0.29, 0.717) is 24.4 Å². The van der Waals surface area contributed by atoms with Gasteiger partial charge in [-0.2, -0.15) is 0 Å². The number of carbonyl (C=O) groups is 1. The smallest absolute Gasteiger partial charge is 0.410 e. The van der Waals surface area contributed by atoms with E-state index in [0.717, 1.165) is 5.56 Å². The van der Waals surface area contributed by atoms with E-state index in [-0.39, 0.29) is 30.1 Å². The van der Waals surface area contributed by atoms with E-state index in [1.807, 2.05) is 30.3 Å². The van der Waals surface area contributed by atoms with Gasteiger partial charge in [-0.15, -0.1) is 5.10 Å². The third-order valence-electron chi connectivity index (χ3n) is 4.16. The van der Waals surface area contributed by atoms with E-state index in [9.17, 15) is 9.59 Å². The number of nitrogens with one attached hydrogen (secondary N) is 1. The number of imidazole rings is 1. The molecule has 1 amide bonds. The van der Waals surface area contributed by atoms with Crippen molar-refractivity contribution >= 4 is 17.6 Å². The van der Waals surface area contributed by atoms with E-state index in [1.54, 1.807) is 4.90 Å². The quantitative estimate of drug-likeness (QED) is 0.726. The number of amides is 1. The van der Waals surface area contributed by atoms with Crippen LogP contribution in [0.1, 0.15) is 17.3 Å². The molecule has 9 heteroatoms. The van der Waals surface area contributed by atoms with E-state index in [2.05, 4.69) is 15.1 Å². The highest BCUT2D eigenvalue weighted by atomic mass is 16.6. The Balaban J connectivity index is 1.40. The average Bonchev–Trinajstić information content (AvgIpc) is 2.96. The lowest BCUT2D eigenvalue weighted by Gasteiger charge is -2.37.